The molecule has 1 aromatic rings. The lowest BCUT2D eigenvalue weighted by molar-refractivity contribution is -0.151. The van der Waals surface area contributed by atoms with Crippen molar-refractivity contribution in [3.63, 3.8) is 0 Å². The molecule has 1 amide bonds. The van der Waals surface area contributed by atoms with Gasteiger partial charge in [0.2, 0.25) is 10.0 Å². The van der Waals surface area contributed by atoms with Crippen LogP contribution < -0.4 is 0 Å². The van der Waals surface area contributed by atoms with Crippen LogP contribution in [-0.2, 0) is 14.8 Å². The summed E-state index contributed by atoms with van der Waals surface area (Å²) < 4.78 is 26.6. The van der Waals surface area contributed by atoms with Crippen molar-refractivity contribution in [2.75, 3.05) is 26.2 Å². The summed E-state index contributed by atoms with van der Waals surface area (Å²) >= 11 is 0. The highest BCUT2D eigenvalue weighted by Gasteiger charge is 2.37. The maximum absolute atomic E-state index is 12.7. The zero-order chi connectivity index (χ0) is 18.7. The lowest BCUT2D eigenvalue weighted by Crippen LogP contribution is -2.55. The molecule has 0 spiro atoms. The molecule has 1 fully saturated rings. The maximum atomic E-state index is 12.7. The minimum atomic E-state index is -3.66. The first-order valence-electron chi connectivity index (χ1n) is 8.24. The fourth-order valence-electron chi connectivity index (χ4n) is 2.92. The van der Waals surface area contributed by atoms with Crippen LogP contribution in [0.5, 0.6) is 0 Å². The number of carbonyl (C=O) groups is 1. The van der Waals surface area contributed by atoms with Crippen molar-refractivity contribution in [2.24, 2.45) is 0 Å². The Hall–Kier alpha value is -1.95. The number of piperazine rings is 1. The molecule has 25 heavy (non-hydrogen) atoms. The van der Waals surface area contributed by atoms with Gasteiger partial charge in [-0.25, -0.2) is 8.42 Å². The first-order chi connectivity index (χ1) is 11.7. The number of sulfonamides is 1. The van der Waals surface area contributed by atoms with Crippen molar-refractivity contribution in [3.05, 3.63) is 29.8 Å². The van der Waals surface area contributed by atoms with Crippen molar-refractivity contribution < 1.29 is 18.3 Å². The molecule has 1 heterocycles. The molecular weight excluding hydrogens is 342 g/mol. The van der Waals surface area contributed by atoms with Gasteiger partial charge in [0.05, 0.1) is 16.5 Å². The van der Waals surface area contributed by atoms with Gasteiger partial charge in [-0.15, -0.1) is 0 Å². The topological polar surface area (TPSA) is 102 Å². The molecule has 1 saturated heterocycles. The summed E-state index contributed by atoms with van der Waals surface area (Å²) in [6, 6.07) is 7.71. The molecule has 0 aromatic heterocycles. The van der Waals surface area contributed by atoms with Crippen LogP contribution in [0.3, 0.4) is 0 Å². The standard InChI is InChI=1S/C17H23N3O4S/c1-3-8-17(2,22)16(21)19-9-11-20(12-10-19)25(23,24)15-6-4-14(13-18)5-7-15/h4-7,22H,3,8-12H2,1-2H3/t17-/m1/s1. The smallest absolute Gasteiger partial charge is 0.254 e. The summed E-state index contributed by atoms with van der Waals surface area (Å²) in [5.74, 6) is -0.357. The highest BCUT2D eigenvalue weighted by Crippen LogP contribution is 2.21. The third-order valence-corrected chi connectivity index (χ3v) is 6.26. The van der Waals surface area contributed by atoms with Gasteiger partial charge in [-0.05, 0) is 37.6 Å². The zero-order valence-electron chi connectivity index (χ0n) is 14.5. The number of hydrogen-bond donors (Lipinski definition) is 1. The molecule has 1 aromatic carbocycles. The summed E-state index contributed by atoms with van der Waals surface area (Å²) in [7, 11) is -3.66. The number of amides is 1. The van der Waals surface area contributed by atoms with Gasteiger partial charge >= 0.3 is 0 Å². The Morgan fingerprint density at radius 2 is 1.80 bits per heavy atom. The van der Waals surface area contributed by atoms with E-state index in [1.807, 2.05) is 13.0 Å². The Bertz CT molecular complexity index is 758. The van der Waals surface area contributed by atoms with Crippen LogP contribution in [-0.4, -0.2) is 60.4 Å². The molecule has 0 unspecified atom stereocenters. The molecule has 0 aliphatic carbocycles. The van der Waals surface area contributed by atoms with Crippen LogP contribution in [0.15, 0.2) is 29.2 Å². The van der Waals surface area contributed by atoms with E-state index in [0.29, 0.717) is 18.4 Å². The number of carbonyl (C=O) groups excluding carboxylic acids is 1. The first kappa shape index (κ1) is 19.4. The Kier molecular flexibility index (Phi) is 5.83. The Morgan fingerprint density at radius 1 is 1.24 bits per heavy atom. The first-order valence-corrected chi connectivity index (χ1v) is 9.68. The molecule has 1 atom stereocenters. The third-order valence-electron chi connectivity index (χ3n) is 4.34. The Labute approximate surface area is 148 Å². The Balaban J connectivity index is 2.06. The number of aliphatic hydroxyl groups is 1. The number of benzene rings is 1. The van der Waals surface area contributed by atoms with Crippen LogP contribution in [0.2, 0.25) is 0 Å². The monoisotopic (exact) mass is 365 g/mol. The molecule has 136 valence electrons. The summed E-state index contributed by atoms with van der Waals surface area (Å²) in [5, 5.41) is 19.0. The Morgan fingerprint density at radius 3 is 2.28 bits per heavy atom. The second-order valence-corrected chi connectivity index (χ2v) is 8.29. The quantitative estimate of drug-likeness (QED) is 0.837. The van der Waals surface area contributed by atoms with E-state index in [-0.39, 0.29) is 37.0 Å². The van der Waals surface area contributed by atoms with Gasteiger partial charge in [0.25, 0.3) is 5.91 Å². The average molecular weight is 365 g/mol. The van der Waals surface area contributed by atoms with Gasteiger partial charge in [0, 0.05) is 26.2 Å². The minimum Gasteiger partial charge on any atom is -0.380 e. The molecule has 8 heteroatoms. The van der Waals surface area contributed by atoms with E-state index in [1.54, 1.807) is 0 Å². The van der Waals surface area contributed by atoms with E-state index in [9.17, 15) is 18.3 Å². The summed E-state index contributed by atoms with van der Waals surface area (Å²) in [5.41, 5.74) is -1.02. The van der Waals surface area contributed by atoms with Crippen LogP contribution in [0.4, 0.5) is 0 Å². The highest BCUT2D eigenvalue weighted by molar-refractivity contribution is 7.89. The van der Waals surface area contributed by atoms with Gasteiger partial charge < -0.3 is 10.0 Å². The van der Waals surface area contributed by atoms with Crippen LogP contribution in [0, 0.1) is 11.3 Å². The van der Waals surface area contributed by atoms with Gasteiger partial charge in [-0.2, -0.15) is 9.57 Å². The van der Waals surface area contributed by atoms with Gasteiger partial charge in [-0.3, -0.25) is 4.79 Å². The van der Waals surface area contributed by atoms with Gasteiger partial charge in [0.15, 0.2) is 0 Å². The minimum absolute atomic E-state index is 0.129. The largest absolute Gasteiger partial charge is 0.380 e. The van der Waals surface area contributed by atoms with E-state index < -0.39 is 15.6 Å². The molecule has 0 bridgehead atoms. The molecule has 1 aliphatic heterocycles. The van der Waals surface area contributed by atoms with E-state index in [1.165, 1.54) is 40.4 Å². The lowest BCUT2D eigenvalue weighted by Gasteiger charge is -2.37. The molecule has 1 N–H and O–H groups in total. The molecule has 0 saturated carbocycles. The van der Waals surface area contributed by atoms with Crippen LogP contribution >= 0.6 is 0 Å². The maximum Gasteiger partial charge on any atom is 0.254 e. The second kappa shape index (κ2) is 7.52. The fourth-order valence-corrected chi connectivity index (χ4v) is 4.34. The predicted molar refractivity (Wildman–Crippen MR) is 92.0 cm³/mol. The molecule has 7 nitrogen and oxygen atoms in total. The summed E-state index contributed by atoms with van der Waals surface area (Å²) in [6.45, 7) is 4.23. The van der Waals surface area contributed by atoms with E-state index in [4.69, 9.17) is 5.26 Å². The van der Waals surface area contributed by atoms with Crippen molar-refractivity contribution >= 4 is 15.9 Å². The normalized spacial score (nSPS) is 18.4. The second-order valence-electron chi connectivity index (χ2n) is 6.36. The van der Waals surface area contributed by atoms with Gasteiger partial charge in [-0.1, -0.05) is 13.3 Å². The van der Waals surface area contributed by atoms with Crippen LogP contribution in [0.1, 0.15) is 32.3 Å². The highest BCUT2D eigenvalue weighted by atomic mass is 32.2. The van der Waals surface area contributed by atoms with Crippen LogP contribution in [0.25, 0.3) is 0 Å². The third kappa shape index (κ3) is 4.18. The fraction of sp³-hybridized carbons (Fsp3) is 0.529. The SMILES string of the molecule is CCC[C@@](C)(O)C(=O)N1CCN(S(=O)(=O)c2ccc(C#N)cc2)CC1. The predicted octanol–water partition coefficient (Wildman–Crippen LogP) is 0.942. The average Bonchev–Trinajstić information content (AvgIpc) is 2.61. The number of rotatable bonds is 5. The molecule has 1 aliphatic rings. The molecular formula is C17H23N3O4S. The molecule has 2 rings (SSSR count). The van der Waals surface area contributed by atoms with E-state index in [2.05, 4.69) is 0 Å². The number of hydrogen-bond acceptors (Lipinski definition) is 5. The van der Waals surface area contributed by atoms with Crippen molar-refractivity contribution in [3.8, 4) is 6.07 Å². The van der Waals surface area contributed by atoms with E-state index >= 15 is 0 Å². The van der Waals surface area contributed by atoms with Gasteiger partial charge in [0.1, 0.15) is 5.60 Å². The summed E-state index contributed by atoms with van der Waals surface area (Å²) in [4.78, 5) is 14.0. The summed E-state index contributed by atoms with van der Waals surface area (Å²) in [6.07, 6.45) is 1.06. The zero-order valence-corrected chi connectivity index (χ0v) is 15.3. The van der Waals surface area contributed by atoms with Crippen molar-refractivity contribution in [1.29, 1.82) is 5.26 Å². The number of nitriles is 1. The van der Waals surface area contributed by atoms with Crippen molar-refractivity contribution in [2.45, 2.75) is 37.2 Å². The lowest BCUT2D eigenvalue weighted by atomic mass is 9.98. The number of nitrogens with zero attached hydrogens (tertiary/aromatic N) is 3. The van der Waals surface area contributed by atoms with Crippen molar-refractivity contribution in [1.82, 2.24) is 9.21 Å². The van der Waals surface area contributed by atoms with E-state index in [0.717, 1.165) is 0 Å². The molecule has 0 radical (unpaired) electrons.